The van der Waals surface area contributed by atoms with Crippen molar-refractivity contribution in [1.82, 2.24) is 0 Å². The number of hydrogen-bond donors (Lipinski definition) is 1. The first kappa shape index (κ1) is 15.0. The van der Waals surface area contributed by atoms with Gasteiger partial charge in [-0.1, -0.05) is 18.2 Å². The molecule has 0 radical (unpaired) electrons. The van der Waals surface area contributed by atoms with Crippen LogP contribution in [0, 0.1) is 19.7 Å². The van der Waals surface area contributed by atoms with Gasteiger partial charge in [0.1, 0.15) is 5.82 Å². The fraction of sp³-hybridized carbons (Fsp3) is 0.235. The molecule has 0 aromatic heterocycles. The van der Waals surface area contributed by atoms with Crippen LogP contribution in [0.4, 0.5) is 10.1 Å². The molecule has 3 nitrogen and oxygen atoms in total. The highest BCUT2D eigenvalue weighted by Gasteiger charge is 2.13. The van der Waals surface area contributed by atoms with Crippen molar-refractivity contribution in [2.75, 3.05) is 12.4 Å². The number of esters is 1. The summed E-state index contributed by atoms with van der Waals surface area (Å²) < 4.78 is 18.0. The summed E-state index contributed by atoms with van der Waals surface area (Å²) in [5.41, 5.74) is 4.30. The Morgan fingerprint density at radius 2 is 2.00 bits per heavy atom. The lowest BCUT2D eigenvalue weighted by molar-refractivity contribution is 0.0601. The van der Waals surface area contributed by atoms with E-state index in [-0.39, 0.29) is 5.56 Å². The highest BCUT2D eigenvalue weighted by molar-refractivity contribution is 5.95. The van der Waals surface area contributed by atoms with Gasteiger partial charge in [-0.05, 0) is 48.7 Å². The average molecular weight is 287 g/mol. The Kier molecular flexibility index (Phi) is 4.58. The summed E-state index contributed by atoms with van der Waals surface area (Å²) in [6.07, 6.45) is 0. The number of ether oxygens (including phenoxy) is 1. The van der Waals surface area contributed by atoms with Gasteiger partial charge in [0.2, 0.25) is 0 Å². The molecular weight excluding hydrogens is 269 g/mol. The maximum Gasteiger partial charge on any atom is 0.340 e. The third kappa shape index (κ3) is 3.40. The van der Waals surface area contributed by atoms with Gasteiger partial charge in [-0.2, -0.15) is 0 Å². The molecule has 0 aliphatic rings. The van der Waals surface area contributed by atoms with E-state index in [0.717, 1.165) is 5.56 Å². The summed E-state index contributed by atoms with van der Waals surface area (Å²) in [5.74, 6) is -1.02. The normalized spacial score (nSPS) is 10.3. The first-order valence-electron chi connectivity index (χ1n) is 6.69. The van der Waals surface area contributed by atoms with Gasteiger partial charge in [0, 0.05) is 12.2 Å². The molecule has 0 unspecified atom stereocenters. The summed E-state index contributed by atoms with van der Waals surface area (Å²) in [4.78, 5) is 11.7. The second-order valence-corrected chi connectivity index (χ2v) is 4.89. The third-order valence-corrected chi connectivity index (χ3v) is 3.57. The summed E-state index contributed by atoms with van der Waals surface area (Å²) >= 11 is 0. The lowest BCUT2D eigenvalue weighted by atomic mass is 10.0. The van der Waals surface area contributed by atoms with E-state index in [1.165, 1.54) is 30.4 Å². The highest BCUT2D eigenvalue weighted by atomic mass is 19.1. The Morgan fingerprint density at radius 3 is 2.71 bits per heavy atom. The van der Waals surface area contributed by atoms with Crippen LogP contribution in [-0.4, -0.2) is 13.1 Å². The van der Waals surface area contributed by atoms with E-state index >= 15 is 0 Å². The van der Waals surface area contributed by atoms with Crippen molar-refractivity contribution in [3.8, 4) is 0 Å². The number of methoxy groups -OCH3 is 1. The Hall–Kier alpha value is -2.36. The zero-order chi connectivity index (χ0) is 15.4. The SMILES string of the molecule is COC(=O)c1cc(F)ccc1NCc1cccc(C)c1C. The quantitative estimate of drug-likeness (QED) is 0.868. The number of aryl methyl sites for hydroxylation is 1. The number of nitrogens with one attached hydrogen (secondary N) is 1. The van der Waals surface area contributed by atoms with Gasteiger partial charge < -0.3 is 10.1 Å². The maximum absolute atomic E-state index is 13.3. The predicted octanol–water partition coefficient (Wildman–Crippen LogP) is 3.84. The zero-order valence-corrected chi connectivity index (χ0v) is 12.4. The number of rotatable bonds is 4. The minimum atomic E-state index is -0.557. The lowest BCUT2D eigenvalue weighted by Gasteiger charge is -2.13. The highest BCUT2D eigenvalue weighted by Crippen LogP contribution is 2.20. The summed E-state index contributed by atoms with van der Waals surface area (Å²) in [6, 6.07) is 10.1. The monoisotopic (exact) mass is 287 g/mol. The molecule has 0 fully saturated rings. The molecule has 0 saturated heterocycles. The van der Waals surface area contributed by atoms with Crippen LogP contribution in [0.2, 0.25) is 0 Å². The molecule has 0 bridgehead atoms. The van der Waals surface area contributed by atoms with Gasteiger partial charge in [-0.25, -0.2) is 9.18 Å². The molecule has 2 aromatic rings. The minimum Gasteiger partial charge on any atom is -0.465 e. The van der Waals surface area contributed by atoms with Crippen molar-refractivity contribution in [1.29, 1.82) is 0 Å². The van der Waals surface area contributed by atoms with Crippen LogP contribution in [0.15, 0.2) is 36.4 Å². The molecule has 2 aromatic carbocycles. The Balaban J connectivity index is 2.24. The van der Waals surface area contributed by atoms with Gasteiger partial charge in [0.15, 0.2) is 0 Å². The van der Waals surface area contributed by atoms with E-state index in [9.17, 15) is 9.18 Å². The van der Waals surface area contributed by atoms with Crippen LogP contribution in [0.3, 0.4) is 0 Å². The Labute approximate surface area is 123 Å². The molecule has 2 rings (SSSR count). The van der Waals surface area contributed by atoms with Crippen LogP contribution in [-0.2, 0) is 11.3 Å². The molecule has 0 aliphatic carbocycles. The molecule has 0 aliphatic heterocycles. The van der Waals surface area contributed by atoms with E-state index in [1.807, 2.05) is 12.1 Å². The van der Waals surface area contributed by atoms with Crippen molar-refractivity contribution in [2.24, 2.45) is 0 Å². The van der Waals surface area contributed by atoms with Crippen molar-refractivity contribution in [3.05, 3.63) is 64.5 Å². The average Bonchev–Trinajstić information content (AvgIpc) is 2.49. The second kappa shape index (κ2) is 6.39. The first-order chi connectivity index (χ1) is 10.0. The van der Waals surface area contributed by atoms with E-state index in [2.05, 4.69) is 30.0 Å². The molecule has 21 heavy (non-hydrogen) atoms. The topological polar surface area (TPSA) is 38.3 Å². The predicted molar refractivity (Wildman–Crippen MR) is 81.0 cm³/mol. The molecule has 0 saturated carbocycles. The molecule has 1 N–H and O–H groups in total. The first-order valence-corrected chi connectivity index (χ1v) is 6.69. The smallest absolute Gasteiger partial charge is 0.340 e. The number of halogens is 1. The standard InChI is InChI=1S/C17H18FNO2/c1-11-5-4-6-13(12(11)2)10-19-16-8-7-14(18)9-15(16)17(20)21-3/h4-9,19H,10H2,1-3H3. The molecule has 0 heterocycles. The van der Waals surface area contributed by atoms with Gasteiger partial charge >= 0.3 is 5.97 Å². The summed E-state index contributed by atoms with van der Waals surface area (Å²) in [6.45, 7) is 4.66. The molecule has 0 amide bonds. The Morgan fingerprint density at radius 1 is 1.24 bits per heavy atom. The van der Waals surface area contributed by atoms with Crippen LogP contribution in [0.25, 0.3) is 0 Å². The molecule has 110 valence electrons. The molecule has 4 heteroatoms. The number of carbonyl (C=O) groups excluding carboxylic acids is 1. The van der Waals surface area contributed by atoms with E-state index < -0.39 is 11.8 Å². The minimum absolute atomic E-state index is 0.197. The fourth-order valence-corrected chi connectivity index (χ4v) is 2.14. The van der Waals surface area contributed by atoms with Crippen LogP contribution >= 0.6 is 0 Å². The van der Waals surface area contributed by atoms with Gasteiger partial charge in [-0.3, -0.25) is 0 Å². The van der Waals surface area contributed by atoms with Crippen molar-refractivity contribution < 1.29 is 13.9 Å². The number of hydrogen-bond acceptors (Lipinski definition) is 3. The van der Waals surface area contributed by atoms with E-state index in [1.54, 1.807) is 6.07 Å². The fourth-order valence-electron chi connectivity index (χ4n) is 2.14. The van der Waals surface area contributed by atoms with Gasteiger partial charge in [0.05, 0.1) is 12.7 Å². The summed E-state index contributed by atoms with van der Waals surface area (Å²) in [5, 5.41) is 3.17. The molecule has 0 spiro atoms. The molecule has 0 atom stereocenters. The third-order valence-electron chi connectivity index (χ3n) is 3.57. The van der Waals surface area contributed by atoms with Crippen molar-refractivity contribution in [3.63, 3.8) is 0 Å². The second-order valence-electron chi connectivity index (χ2n) is 4.89. The molecular formula is C17H18FNO2. The van der Waals surface area contributed by atoms with Crippen molar-refractivity contribution >= 4 is 11.7 Å². The lowest BCUT2D eigenvalue weighted by Crippen LogP contribution is -2.09. The number of anilines is 1. The van der Waals surface area contributed by atoms with Crippen LogP contribution in [0.1, 0.15) is 27.0 Å². The van der Waals surface area contributed by atoms with Crippen molar-refractivity contribution in [2.45, 2.75) is 20.4 Å². The van der Waals surface area contributed by atoms with Crippen LogP contribution < -0.4 is 5.32 Å². The largest absolute Gasteiger partial charge is 0.465 e. The zero-order valence-electron chi connectivity index (χ0n) is 12.4. The van der Waals surface area contributed by atoms with Gasteiger partial charge in [0.25, 0.3) is 0 Å². The van der Waals surface area contributed by atoms with Crippen LogP contribution in [0.5, 0.6) is 0 Å². The summed E-state index contributed by atoms with van der Waals surface area (Å²) in [7, 11) is 1.28. The Bertz CT molecular complexity index is 668. The van der Waals surface area contributed by atoms with Gasteiger partial charge in [-0.15, -0.1) is 0 Å². The number of benzene rings is 2. The van der Waals surface area contributed by atoms with E-state index in [0.29, 0.717) is 12.2 Å². The maximum atomic E-state index is 13.3. The van der Waals surface area contributed by atoms with E-state index in [4.69, 9.17) is 0 Å². The number of carbonyl (C=O) groups is 1.